The number of hydrogen-bond donors (Lipinski definition) is 2. The van der Waals surface area contributed by atoms with Gasteiger partial charge >= 0.3 is 0 Å². The molecule has 0 aliphatic carbocycles. The summed E-state index contributed by atoms with van der Waals surface area (Å²) in [6.07, 6.45) is 3.35. The highest BCUT2D eigenvalue weighted by molar-refractivity contribution is 6.31. The van der Waals surface area contributed by atoms with Gasteiger partial charge in [-0.05, 0) is 42.5 Å². The number of carbonyl (C=O) groups excluding carboxylic acids is 1. The van der Waals surface area contributed by atoms with Gasteiger partial charge in [0.15, 0.2) is 0 Å². The number of nitrogens with one attached hydrogen (secondary N) is 2. The van der Waals surface area contributed by atoms with Gasteiger partial charge in [0.1, 0.15) is 11.4 Å². The second-order valence-electron chi connectivity index (χ2n) is 5.41. The number of aromatic nitrogens is 2. The molecule has 1 amide bonds. The standard InChI is InChI=1S/C19H17ClN4O2/c1-26-18-8-5-13(20)10-17(18)24-19(25)16-7-6-15(12-23-16)22-11-14-4-2-3-9-21-14/h2-10,12,22H,11H2,1H3,(H,24,25). The van der Waals surface area contributed by atoms with Crippen molar-refractivity contribution in [1.82, 2.24) is 9.97 Å². The van der Waals surface area contributed by atoms with Crippen molar-refractivity contribution in [3.63, 3.8) is 0 Å². The summed E-state index contributed by atoms with van der Waals surface area (Å²) < 4.78 is 5.22. The summed E-state index contributed by atoms with van der Waals surface area (Å²) in [6, 6.07) is 14.2. The minimum Gasteiger partial charge on any atom is -0.495 e. The maximum Gasteiger partial charge on any atom is 0.274 e. The van der Waals surface area contributed by atoms with E-state index in [2.05, 4.69) is 20.6 Å². The number of pyridine rings is 2. The smallest absolute Gasteiger partial charge is 0.274 e. The summed E-state index contributed by atoms with van der Waals surface area (Å²) >= 11 is 5.97. The zero-order valence-corrected chi connectivity index (χ0v) is 14.8. The van der Waals surface area contributed by atoms with E-state index in [9.17, 15) is 4.79 Å². The number of amides is 1. The van der Waals surface area contributed by atoms with Crippen LogP contribution in [-0.2, 0) is 6.54 Å². The van der Waals surface area contributed by atoms with Crippen LogP contribution in [0.4, 0.5) is 11.4 Å². The van der Waals surface area contributed by atoms with Gasteiger partial charge in [0.25, 0.3) is 5.91 Å². The van der Waals surface area contributed by atoms with E-state index >= 15 is 0 Å². The summed E-state index contributed by atoms with van der Waals surface area (Å²) in [5.41, 5.74) is 2.49. The van der Waals surface area contributed by atoms with Crippen LogP contribution in [0.3, 0.4) is 0 Å². The Kier molecular flexibility index (Phi) is 5.66. The molecule has 26 heavy (non-hydrogen) atoms. The van der Waals surface area contributed by atoms with E-state index in [0.717, 1.165) is 11.4 Å². The van der Waals surface area contributed by atoms with Gasteiger partial charge in [-0.25, -0.2) is 4.98 Å². The average Bonchev–Trinajstić information content (AvgIpc) is 2.68. The molecule has 0 radical (unpaired) electrons. The predicted molar refractivity (Wildman–Crippen MR) is 102 cm³/mol. The second kappa shape index (κ2) is 8.31. The van der Waals surface area contributed by atoms with Gasteiger partial charge in [-0.1, -0.05) is 17.7 Å². The highest BCUT2D eigenvalue weighted by Gasteiger charge is 2.11. The van der Waals surface area contributed by atoms with Crippen LogP contribution in [0.5, 0.6) is 5.75 Å². The fourth-order valence-corrected chi connectivity index (χ4v) is 2.46. The van der Waals surface area contributed by atoms with Crippen LogP contribution in [-0.4, -0.2) is 23.0 Å². The maximum absolute atomic E-state index is 12.4. The van der Waals surface area contributed by atoms with Crippen molar-refractivity contribution >= 4 is 28.9 Å². The Labute approximate surface area is 156 Å². The van der Waals surface area contributed by atoms with Crippen LogP contribution in [0.25, 0.3) is 0 Å². The molecular weight excluding hydrogens is 352 g/mol. The van der Waals surface area contributed by atoms with Gasteiger partial charge < -0.3 is 15.4 Å². The molecule has 1 aromatic carbocycles. The molecule has 3 rings (SSSR count). The van der Waals surface area contributed by atoms with Crippen molar-refractivity contribution in [3.8, 4) is 5.75 Å². The van der Waals surface area contributed by atoms with Gasteiger partial charge in [-0.15, -0.1) is 0 Å². The monoisotopic (exact) mass is 368 g/mol. The Morgan fingerprint density at radius 3 is 2.73 bits per heavy atom. The number of methoxy groups -OCH3 is 1. The predicted octanol–water partition coefficient (Wildman–Crippen LogP) is 4.00. The molecule has 0 unspecified atom stereocenters. The molecule has 0 bridgehead atoms. The summed E-state index contributed by atoms with van der Waals surface area (Å²) in [4.78, 5) is 20.8. The van der Waals surface area contributed by atoms with Gasteiger partial charge in [-0.2, -0.15) is 0 Å². The van der Waals surface area contributed by atoms with Gasteiger partial charge in [-0.3, -0.25) is 9.78 Å². The Morgan fingerprint density at radius 2 is 2.04 bits per heavy atom. The van der Waals surface area contributed by atoms with E-state index in [1.165, 1.54) is 7.11 Å². The number of halogens is 1. The molecule has 3 aromatic rings. The lowest BCUT2D eigenvalue weighted by Crippen LogP contribution is -2.14. The summed E-state index contributed by atoms with van der Waals surface area (Å²) in [5.74, 6) is 0.179. The normalized spacial score (nSPS) is 10.2. The molecule has 132 valence electrons. The Bertz CT molecular complexity index is 886. The SMILES string of the molecule is COc1ccc(Cl)cc1NC(=O)c1ccc(NCc2ccccn2)cn1. The number of benzene rings is 1. The fraction of sp³-hybridized carbons (Fsp3) is 0.105. The first-order chi connectivity index (χ1) is 12.7. The molecule has 2 N–H and O–H groups in total. The van der Waals surface area contributed by atoms with Crippen molar-refractivity contribution in [2.75, 3.05) is 17.7 Å². The highest BCUT2D eigenvalue weighted by Crippen LogP contribution is 2.28. The van der Waals surface area contributed by atoms with E-state index in [1.54, 1.807) is 42.7 Å². The zero-order chi connectivity index (χ0) is 18.4. The largest absolute Gasteiger partial charge is 0.495 e. The lowest BCUT2D eigenvalue weighted by Gasteiger charge is -2.11. The van der Waals surface area contributed by atoms with Crippen molar-refractivity contribution < 1.29 is 9.53 Å². The van der Waals surface area contributed by atoms with Crippen molar-refractivity contribution in [3.05, 3.63) is 77.3 Å². The van der Waals surface area contributed by atoms with Crippen LogP contribution in [0, 0.1) is 0 Å². The van der Waals surface area contributed by atoms with E-state index < -0.39 is 0 Å². The second-order valence-corrected chi connectivity index (χ2v) is 5.84. The maximum atomic E-state index is 12.4. The van der Waals surface area contributed by atoms with Crippen LogP contribution < -0.4 is 15.4 Å². The molecule has 0 atom stereocenters. The first kappa shape index (κ1) is 17.7. The molecule has 7 heteroatoms. The number of ether oxygens (including phenoxy) is 1. The number of hydrogen-bond acceptors (Lipinski definition) is 5. The van der Waals surface area contributed by atoms with Crippen LogP contribution in [0.2, 0.25) is 5.02 Å². The molecular formula is C19H17ClN4O2. The quantitative estimate of drug-likeness (QED) is 0.687. The average molecular weight is 369 g/mol. The van der Waals surface area contributed by atoms with E-state index in [-0.39, 0.29) is 11.6 Å². The number of carbonyl (C=O) groups is 1. The molecule has 0 aliphatic rings. The first-order valence-electron chi connectivity index (χ1n) is 7.90. The zero-order valence-electron chi connectivity index (χ0n) is 14.1. The summed E-state index contributed by atoms with van der Waals surface area (Å²) in [7, 11) is 1.53. The number of anilines is 2. The molecule has 0 spiro atoms. The lowest BCUT2D eigenvalue weighted by atomic mass is 10.2. The third-order valence-electron chi connectivity index (χ3n) is 3.61. The van der Waals surface area contributed by atoms with E-state index in [4.69, 9.17) is 16.3 Å². The molecule has 2 aromatic heterocycles. The van der Waals surface area contributed by atoms with Gasteiger partial charge in [0.2, 0.25) is 0 Å². The van der Waals surface area contributed by atoms with Crippen molar-refractivity contribution in [2.45, 2.75) is 6.54 Å². The topological polar surface area (TPSA) is 76.1 Å². The fourth-order valence-electron chi connectivity index (χ4n) is 2.29. The summed E-state index contributed by atoms with van der Waals surface area (Å²) in [5, 5.41) is 6.47. The molecule has 0 aliphatic heterocycles. The number of rotatable bonds is 6. The highest BCUT2D eigenvalue weighted by atomic mass is 35.5. The molecule has 2 heterocycles. The molecule has 0 fully saturated rings. The summed E-state index contributed by atoms with van der Waals surface area (Å²) in [6.45, 7) is 0.577. The first-order valence-corrected chi connectivity index (χ1v) is 8.28. The van der Waals surface area contributed by atoms with Crippen LogP contribution in [0.1, 0.15) is 16.2 Å². The van der Waals surface area contributed by atoms with Crippen molar-refractivity contribution in [2.24, 2.45) is 0 Å². The van der Waals surface area contributed by atoms with E-state index in [1.807, 2.05) is 18.2 Å². The molecule has 6 nitrogen and oxygen atoms in total. The third-order valence-corrected chi connectivity index (χ3v) is 3.84. The van der Waals surface area contributed by atoms with E-state index in [0.29, 0.717) is 23.0 Å². The van der Waals surface area contributed by atoms with Crippen LogP contribution >= 0.6 is 11.6 Å². The number of nitrogens with zero attached hydrogens (tertiary/aromatic N) is 2. The molecule has 0 saturated carbocycles. The Hall–Kier alpha value is -3.12. The minimum absolute atomic E-state index is 0.287. The Morgan fingerprint density at radius 1 is 1.15 bits per heavy atom. The minimum atomic E-state index is -0.346. The van der Waals surface area contributed by atoms with Crippen LogP contribution in [0.15, 0.2) is 60.9 Å². The molecule has 0 saturated heterocycles. The van der Waals surface area contributed by atoms with Gasteiger partial charge in [0.05, 0.1) is 36.9 Å². The van der Waals surface area contributed by atoms with Crippen molar-refractivity contribution in [1.29, 1.82) is 0 Å². The lowest BCUT2D eigenvalue weighted by molar-refractivity contribution is 0.102. The van der Waals surface area contributed by atoms with Gasteiger partial charge in [0, 0.05) is 11.2 Å². The Balaban J connectivity index is 1.64. The third kappa shape index (κ3) is 4.49.